The second-order valence-electron chi connectivity index (χ2n) is 4.40. The van der Waals surface area contributed by atoms with Crippen molar-refractivity contribution in [2.45, 2.75) is 0 Å². The molecule has 0 aliphatic carbocycles. The highest BCUT2D eigenvalue weighted by molar-refractivity contribution is 6.30. The fourth-order valence-electron chi connectivity index (χ4n) is 1.96. The summed E-state index contributed by atoms with van der Waals surface area (Å²) in [6.07, 6.45) is 1.28. The Hall–Kier alpha value is -2.60. The Bertz CT molecular complexity index is 858. The minimum atomic E-state index is -0.614. The van der Waals surface area contributed by atoms with E-state index in [1.165, 1.54) is 37.7 Å². The van der Waals surface area contributed by atoms with Gasteiger partial charge in [-0.3, -0.25) is 0 Å². The van der Waals surface area contributed by atoms with Gasteiger partial charge in [-0.05, 0) is 24.3 Å². The second-order valence-corrected chi connectivity index (χ2v) is 4.83. The Balaban J connectivity index is 2.09. The summed E-state index contributed by atoms with van der Waals surface area (Å²) in [5.41, 5.74) is 0.494. The first kappa shape index (κ1) is 14.3. The van der Waals surface area contributed by atoms with Crippen molar-refractivity contribution >= 4 is 22.5 Å². The van der Waals surface area contributed by atoms with E-state index in [-0.39, 0.29) is 28.2 Å². The van der Waals surface area contributed by atoms with E-state index in [1.54, 1.807) is 0 Å². The molecule has 0 spiro atoms. The summed E-state index contributed by atoms with van der Waals surface area (Å²) in [6, 6.07) is 6.98. The fraction of sp³-hybridized carbons (Fsp3) is 0.0667. The maximum absolute atomic E-state index is 13.8. The summed E-state index contributed by atoms with van der Waals surface area (Å²) >= 11 is 5.70. The molecule has 112 valence electrons. The first-order valence-corrected chi connectivity index (χ1v) is 6.61. The molecule has 0 bridgehead atoms. The smallest absolute Gasteiger partial charge is 0.230 e. The molecule has 1 heterocycles. The molecule has 7 heteroatoms. The lowest BCUT2D eigenvalue weighted by Gasteiger charge is -2.10. The summed E-state index contributed by atoms with van der Waals surface area (Å²) < 4.78 is 24.3. The maximum atomic E-state index is 13.8. The number of fused-ring (bicyclic) bond motifs is 1. The molecule has 3 aromatic rings. The molecule has 0 atom stereocenters. The van der Waals surface area contributed by atoms with E-state index in [0.29, 0.717) is 10.9 Å². The molecular weight excluding hydrogens is 311 g/mol. The Morgan fingerprint density at radius 2 is 1.95 bits per heavy atom. The van der Waals surface area contributed by atoms with Crippen molar-refractivity contribution in [3.63, 3.8) is 0 Å². The van der Waals surface area contributed by atoms with Gasteiger partial charge in [-0.1, -0.05) is 11.6 Å². The fourth-order valence-corrected chi connectivity index (χ4v) is 2.11. The molecule has 1 N–H and O–H groups in total. The number of benzene rings is 2. The number of hydrogen-bond acceptors (Lipinski definition) is 5. The van der Waals surface area contributed by atoms with Crippen molar-refractivity contribution in [3.8, 4) is 23.1 Å². The predicted octanol–water partition coefficient (Wildman–Crippen LogP) is 3.93. The number of phenols is 1. The molecular formula is C15H10ClFN2O3. The molecule has 0 aliphatic heterocycles. The van der Waals surface area contributed by atoms with Gasteiger partial charge in [0.2, 0.25) is 5.88 Å². The average Bonchev–Trinajstić information content (AvgIpc) is 2.50. The number of methoxy groups -OCH3 is 1. The van der Waals surface area contributed by atoms with Crippen molar-refractivity contribution < 1.29 is 19.0 Å². The van der Waals surface area contributed by atoms with Crippen molar-refractivity contribution in [2.75, 3.05) is 7.11 Å². The number of nitrogens with zero attached hydrogens (tertiary/aromatic N) is 2. The standard InChI is InChI=1S/C15H10ClFN2O3/c1-21-14-6-11-9(5-12(14)20)15(19-7-18-11)22-13-3-2-8(16)4-10(13)17/h2-7,20H,1H3. The summed E-state index contributed by atoms with van der Waals surface area (Å²) in [6.45, 7) is 0. The number of rotatable bonds is 3. The molecule has 0 radical (unpaired) electrons. The van der Waals surface area contributed by atoms with Crippen LogP contribution in [0, 0.1) is 5.82 Å². The lowest BCUT2D eigenvalue weighted by molar-refractivity contribution is 0.374. The van der Waals surface area contributed by atoms with Crippen LogP contribution in [-0.2, 0) is 0 Å². The molecule has 0 saturated heterocycles. The van der Waals surface area contributed by atoms with Gasteiger partial charge < -0.3 is 14.6 Å². The van der Waals surface area contributed by atoms with Crippen LogP contribution in [0.2, 0.25) is 5.02 Å². The lowest BCUT2D eigenvalue weighted by Crippen LogP contribution is -1.94. The number of aromatic nitrogens is 2. The monoisotopic (exact) mass is 320 g/mol. The Morgan fingerprint density at radius 3 is 2.68 bits per heavy atom. The minimum absolute atomic E-state index is 0.0280. The number of ether oxygens (including phenoxy) is 2. The highest BCUT2D eigenvalue weighted by atomic mass is 35.5. The molecule has 0 amide bonds. The SMILES string of the molecule is COc1cc2ncnc(Oc3ccc(Cl)cc3F)c2cc1O. The normalized spacial score (nSPS) is 10.7. The van der Waals surface area contributed by atoms with E-state index in [9.17, 15) is 9.50 Å². The zero-order chi connectivity index (χ0) is 15.7. The summed E-state index contributed by atoms with van der Waals surface area (Å²) in [5.74, 6) is -0.345. The number of phenolic OH excluding ortho intramolecular Hbond substituents is 1. The predicted molar refractivity (Wildman–Crippen MR) is 79.2 cm³/mol. The third-order valence-electron chi connectivity index (χ3n) is 3.00. The zero-order valence-corrected chi connectivity index (χ0v) is 12.1. The molecule has 5 nitrogen and oxygen atoms in total. The lowest BCUT2D eigenvalue weighted by atomic mass is 10.2. The van der Waals surface area contributed by atoms with Crippen LogP contribution >= 0.6 is 11.6 Å². The van der Waals surface area contributed by atoms with Gasteiger partial charge in [0.25, 0.3) is 0 Å². The van der Waals surface area contributed by atoms with Crippen LogP contribution in [0.1, 0.15) is 0 Å². The highest BCUT2D eigenvalue weighted by Crippen LogP contribution is 2.35. The maximum Gasteiger partial charge on any atom is 0.230 e. The number of hydrogen-bond donors (Lipinski definition) is 1. The molecule has 2 aromatic carbocycles. The Kier molecular flexibility index (Phi) is 3.68. The van der Waals surface area contributed by atoms with E-state index in [4.69, 9.17) is 21.1 Å². The van der Waals surface area contributed by atoms with Crippen molar-refractivity contribution in [1.29, 1.82) is 0 Å². The van der Waals surface area contributed by atoms with E-state index in [1.807, 2.05) is 0 Å². The van der Waals surface area contributed by atoms with E-state index in [0.717, 1.165) is 6.07 Å². The summed E-state index contributed by atoms with van der Waals surface area (Å²) in [7, 11) is 1.43. The molecule has 0 aliphatic rings. The van der Waals surface area contributed by atoms with Gasteiger partial charge in [0, 0.05) is 11.1 Å². The minimum Gasteiger partial charge on any atom is -0.504 e. The van der Waals surface area contributed by atoms with Gasteiger partial charge in [0.15, 0.2) is 23.1 Å². The molecule has 1 aromatic heterocycles. The highest BCUT2D eigenvalue weighted by Gasteiger charge is 2.13. The molecule has 0 unspecified atom stereocenters. The number of aromatic hydroxyl groups is 1. The molecule has 0 fully saturated rings. The van der Waals surface area contributed by atoms with Gasteiger partial charge in [-0.2, -0.15) is 0 Å². The zero-order valence-electron chi connectivity index (χ0n) is 11.4. The Morgan fingerprint density at radius 1 is 1.14 bits per heavy atom. The van der Waals surface area contributed by atoms with E-state index in [2.05, 4.69) is 9.97 Å². The van der Waals surface area contributed by atoms with E-state index >= 15 is 0 Å². The van der Waals surface area contributed by atoms with Gasteiger partial charge in [-0.25, -0.2) is 14.4 Å². The van der Waals surface area contributed by atoms with Gasteiger partial charge in [0.1, 0.15) is 6.33 Å². The quantitative estimate of drug-likeness (QED) is 0.792. The molecule has 3 rings (SSSR count). The van der Waals surface area contributed by atoms with Crippen molar-refractivity contribution in [1.82, 2.24) is 9.97 Å². The van der Waals surface area contributed by atoms with Crippen LogP contribution in [-0.4, -0.2) is 22.2 Å². The third-order valence-corrected chi connectivity index (χ3v) is 3.24. The van der Waals surface area contributed by atoms with Crippen LogP contribution in [0.15, 0.2) is 36.7 Å². The van der Waals surface area contributed by atoms with Crippen molar-refractivity contribution in [3.05, 3.63) is 47.5 Å². The van der Waals surface area contributed by atoms with E-state index < -0.39 is 5.82 Å². The topological polar surface area (TPSA) is 64.5 Å². The second kappa shape index (κ2) is 5.65. The van der Waals surface area contributed by atoms with Crippen LogP contribution < -0.4 is 9.47 Å². The number of halogens is 2. The third kappa shape index (κ3) is 2.60. The van der Waals surface area contributed by atoms with Crippen LogP contribution in [0.25, 0.3) is 10.9 Å². The van der Waals surface area contributed by atoms with Crippen molar-refractivity contribution in [2.24, 2.45) is 0 Å². The van der Waals surface area contributed by atoms with Gasteiger partial charge in [-0.15, -0.1) is 0 Å². The summed E-state index contributed by atoms with van der Waals surface area (Å²) in [4.78, 5) is 8.05. The van der Waals surface area contributed by atoms with Gasteiger partial charge >= 0.3 is 0 Å². The Labute approximate surface area is 129 Å². The first-order valence-electron chi connectivity index (χ1n) is 6.23. The first-order chi connectivity index (χ1) is 10.6. The van der Waals surface area contributed by atoms with Gasteiger partial charge in [0.05, 0.1) is 18.0 Å². The molecule has 22 heavy (non-hydrogen) atoms. The molecule has 0 saturated carbocycles. The largest absolute Gasteiger partial charge is 0.504 e. The van der Waals surface area contributed by atoms with Crippen LogP contribution in [0.3, 0.4) is 0 Å². The van der Waals surface area contributed by atoms with Crippen LogP contribution in [0.5, 0.6) is 23.1 Å². The average molecular weight is 321 g/mol. The summed E-state index contributed by atoms with van der Waals surface area (Å²) in [5, 5.41) is 10.6. The van der Waals surface area contributed by atoms with Crippen LogP contribution in [0.4, 0.5) is 4.39 Å².